The van der Waals surface area contributed by atoms with E-state index in [0.29, 0.717) is 11.8 Å². The molecule has 168 valence electrons. The first-order valence-corrected chi connectivity index (χ1v) is 11.0. The van der Waals surface area contributed by atoms with Crippen molar-refractivity contribution in [1.82, 2.24) is 0 Å². The van der Waals surface area contributed by atoms with Crippen molar-refractivity contribution in [3.8, 4) is 0 Å². The van der Waals surface area contributed by atoms with Crippen LogP contribution in [0.5, 0.6) is 0 Å². The fraction of sp³-hybridized carbons (Fsp3) is 0.750. The van der Waals surface area contributed by atoms with E-state index in [9.17, 15) is 14.7 Å². The van der Waals surface area contributed by atoms with Crippen molar-refractivity contribution >= 4 is 11.9 Å². The highest BCUT2D eigenvalue weighted by Gasteiger charge is 2.54. The van der Waals surface area contributed by atoms with Gasteiger partial charge in [0.15, 0.2) is 5.60 Å². The number of carbonyl (C=O) groups is 2. The molecule has 0 aromatic heterocycles. The van der Waals surface area contributed by atoms with E-state index in [1.54, 1.807) is 6.08 Å². The van der Waals surface area contributed by atoms with Gasteiger partial charge in [0, 0.05) is 20.3 Å². The summed E-state index contributed by atoms with van der Waals surface area (Å²) in [5, 5.41) is 11.3. The normalized spacial score (nSPS) is 44.0. The van der Waals surface area contributed by atoms with E-state index in [-0.39, 0.29) is 17.3 Å². The predicted octanol–water partition coefficient (Wildman–Crippen LogP) is 4.27. The molecule has 0 aromatic carbocycles. The monoisotopic (exact) mass is 420 g/mol. The fourth-order valence-electron chi connectivity index (χ4n) is 5.84. The molecule has 2 unspecified atom stereocenters. The van der Waals surface area contributed by atoms with Crippen molar-refractivity contribution in [3.05, 3.63) is 24.3 Å². The number of ether oxygens (including phenoxy) is 3. The molecule has 1 heterocycles. The van der Waals surface area contributed by atoms with Crippen molar-refractivity contribution in [2.75, 3.05) is 0 Å². The van der Waals surface area contributed by atoms with E-state index >= 15 is 0 Å². The van der Waals surface area contributed by atoms with Crippen LogP contribution in [0.15, 0.2) is 24.3 Å². The highest BCUT2D eigenvalue weighted by molar-refractivity contribution is 5.66. The Morgan fingerprint density at radius 3 is 2.47 bits per heavy atom. The average Bonchev–Trinajstić information content (AvgIpc) is 2.93. The van der Waals surface area contributed by atoms with E-state index in [0.717, 1.165) is 32.1 Å². The summed E-state index contributed by atoms with van der Waals surface area (Å²) in [5.41, 5.74) is -0.282. The average molecular weight is 421 g/mol. The van der Waals surface area contributed by atoms with Crippen molar-refractivity contribution in [2.45, 2.75) is 91.3 Å². The first-order chi connectivity index (χ1) is 13.9. The maximum Gasteiger partial charge on any atom is 0.305 e. The Morgan fingerprint density at radius 1 is 1.17 bits per heavy atom. The predicted molar refractivity (Wildman–Crippen MR) is 112 cm³/mol. The van der Waals surface area contributed by atoms with Crippen LogP contribution in [0.2, 0.25) is 0 Å². The molecule has 3 fully saturated rings. The summed E-state index contributed by atoms with van der Waals surface area (Å²) in [5.74, 6) is -0.225. The summed E-state index contributed by atoms with van der Waals surface area (Å²) in [6, 6.07) is 0. The van der Waals surface area contributed by atoms with E-state index < -0.39 is 30.1 Å². The van der Waals surface area contributed by atoms with Gasteiger partial charge in [0.2, 0.25) is 12.6 Å². The number of allylic oxidation sites excluding steroid dienone is 2. The number of fused-ring (bicyclic) bond motifs is 1. The third-order valence-corrected chi connectivity index (χ3v) is 7.94. The lowest BCUT2D eigenvalue weighted by Crippen LogP contribution is -2.50. The van der Waals surface area contributed by atoms with Crippen LogP contribution >= 0.6 is 0 Å². The first-order valence-electron chi connectivity index (χ1n) is 11.0. The van der Waals surface area contributed by atoms with Gasteiger partial charge in [-0.15, -0.1) is 0 Å². The number of rotatable bonds is 4. The SMILES string of the molecule is C=C1CCC[C@@H]2[C@@](C)(/C=C/[C@@]3(O)CC(OC(C)=O)OC3OC(C)=O)[C@H](C)CC[C@@]12C. The maximum atomic E-state index is 11.5. The first kappa shape index (κ1) is 23.0. The van der Waals surface area contributed by atoms with E-state index in [1.165, 1.54) is 19.4 Å². The van der Waals surface area contributed by atoms with Gasteiger partial charge in [-0.25, -0.2) is 0 Å². The summed E-state index contributed by atoms with van der Waals surface area (Å²) in [6.07, 6.45) is 7.20. The molecule has 2 aliphatic carbocycles. The minimum Gasteiger partial charge on any atom is -0.436 e. The van der Waals surface area contributed by atoms with Crippen LogP contribution in [0.3, 0.4) is 0 Å². The lowest BCUT2D eigenvalue weighted by atomic mass is 9.47. The molecule has 7 atom stereocenters. The van der Waals surface area contributed by atoms with Gasteiger partial charge < -0.3 is 14.6 Å². The van der Waals surface area contributed by atoms with Crippen LogP contribution in [0.25, 0.3) is 0 Å². The Morgan fingerprint density at radius 2 is 1.83 bits per heavy atom. The van der Waals surface area contributed by atoms with Gasteiger partial charge in [-0.05, 0) is 54.8 Å². The van der Waals surface area contributed by atoms with Gasteiger partial charge >= 0.3 is 11.9 Å². The van der Waals surface area contributed by atoms with Crippen LogP contribution in [0.4, 0.5) is 0 Å². The van der Waals surface area contributed by atoms with Gasteiger partial charge in [0.1, 0.15) is 0 Å². The zero-order chi connectivity index (χ0) is 22.3. The van der Waals surface area contributed by atoms with Crippen LogP contribution in [-0.4, -0.2) is 35.2 Å². The molecule has 1 aliphatic heterocycles. The molecule has 2 saturated carbocycles. The molecule has 6 heteroatoms. The molecule has 30 heavy (non-hydrogen) atoms. The zero-order valence-corrected chi connectivity index (χ0v) is 18.9. The Hall–Kier alpha value is -1.66. The molecule has 3 aliphatic rings. The highest BCUT2D eigenvalue weighted by atomic mass is 16.8. The number of hydrogen-bond donors (Lipinski definition) is 1. The number of esters is 2. The zero-order valence-electron chi connectivity index (χ0n) is 18.9. The van der Waals surface area contributed by atoms with Crippen molar-refractivity contribution in [1.29, 1.82) is 0 Å². The smallest absolute Gasteiger partial charge is 0.305 e. The minimum absolute atomic E-state index is 0.0140. The molecule has 1 N–H and O–H groups in total. The second kappa shape index (κ2) is 8.12. The van der Waals surface area contributed by atoms with Gasteiger partial charge in [0.05, 0.1) is 0 Å². The molecular formula is C24H36O6. The van der Waals surface area contributed by atoms with Gasteiger partial charge in [0.25, 0.3) is 0 Å². The van der Waals surface area contributed by atoms with Crippen molar-refractivity contribution in [3.63, 3.8) is 0 Å². The van der Waals surface area contributed by atoms with E-state index in [2.05, 4.69) is 33.4 Å². The molecule has 0 aromatic rings. The van der Waals surface area contributed by atoms with E-state index in [1.807, 2.05) is 0 Å². The Labute approximate surface area is 179 Å². The molecule has 0 radical (unpaired) electrons. The quantitative estimate of drug-likeness (QED) is 0.540. The molecular weight excluding hydrogens is 384 g/mol. The third-order valence-electron chi connectivity index (χ3n) is 7.94. The molecule has 0 spiro atoms. The fourth-order valence-corrected chi connectivity index (χ4v) is 5.84. The third kappa shape index (κ3) is 4.09. The lowest BCUT2D eigenvalue weighted by Gasteiger charge is -2.57. The number of aliphatic hydroxyl groups is 1. The maximum absolute atomic E-state index is 11.5. The number of carbonyl (C=O) groups excluding carboxylic acids is 2. The lowest BCUT2D eigenvalue weighted by molar-refractivity contribution is -0.222. The second-order valence-corrected chi connectivity index (χ2v) is 9.92. The molecule has 6 nitrogen and oxygen atoms in total. The molecule has 1 saturated heterocycles. The van der Waals surface area contributed by atoms with Gasteiger partial charge in [-0.1, -0.05) is 45.1 Å². The van der Waals surface area contributed by atoms with Crippen molar-refractivity contribution < 1.29 is 28.9 Å². The summed E-state index contributed by atoms with van der Waals surface area (Å²) in [4.78, 5) is 22.9. The number of hydrogen-bond acceptors (Lipinski definition) is 6. The molecule has 3 rings (SSSR count). The largest absolute Gasteiger partial charge is 0.436 e. The Kier molecular flexibility index (Phi) is 6.23. The minimum atomic E-state index is -1.56. The topological polar surface area (TPSA) is 82.1 Å². The summed E-state index contributed by atoms with van der Waals surface area (Å²) < 4.78 is 15.9. The molecule has 0 bridgehead atoms. The highest BCUT2D eigenvalue weighted by Crippen LogP contribution is 2.62. The summed E-state index contributed by atoms with van der Waals surface area (Å²) >= 11 is 0. The van der Waals surface area contributed by atoms with Crippen LogP contribution < -0.4 is 0 Å². The summed E-state index contributed by atoms with van der Waals surface area (Å²) in [6.45, 7) is 13.8. The standard InChI is InChI=1S/C24H36O6/c1-15-8-7-9-19-22(15,5)11-10-16(2)23(19,6)12-13-24(27)14-20(28-17(3)25)30-21(24)29-18(4)26/h12-13,16,19-21,27H,1,7-11,14H2,2-6H3/b13-12+/t16-,19+,20?,21?,22+,23+,24-/m1/s1. The Bertz CT molecular complexity index is 744. The van der Waals surface area contributed by atoms with E-state index in [4.69, 9.17) is 14.2 Å². The van der Waals surface area contributed by atoms with Crippen LogP contribution in [0, 0.1) is 22.7 Å². The second-order valence-electron chi connectivity index (χ2n) is 9.92. The van der Waals surface area contributed by atoms with Crippen LogP contribution in [-0.2, 0) is 23.8 Å². The van der Waals surface area contributed by atoms with Crippen molar-refractivity contribution in [2.24, 2.45) is 22.7 Å². The summed E-state index contributed by atoms with van der Waals surface area (Å²) in [7, 11) is 0. The van der Waals surface area contributed by atoms with Gasteiger partial charge in [-0.3, -0.25) is 14.3 Å². The Balaban J connectivity index is 1.90. The van der Waals surface area contributed by atoms with Gasteiger partial charge in [-0.2, -0.15) is 0 Å². The molecule has 0 amide bonds. The van der Waals surface area contributed by atoms with Crippen LogP contribution in [0.1, 0.15) is 73.1 Å².